The number of carbonyl (C=O) groups is 1. The molecular formula is C14H27N3O. The average Bonchev–Trinajstić information content (AvgIpc) is 2.40. The van der Waals surface area contributed by atoms with E-state index in [1.165, 1.54) is 12.8 Å². The van der Waals surface area contributed by atoms with E-state index in [1.807, 2.05) is 0 Å². The van der Waals surface area contributed by atoms with Crippen molar-refractivity contribution in [1.82, 2.24) is 15.1 Å². The maximum Gasteiger partial charge on any atom is 0.224 e. The molecule has 0 radical (unpaired) electrons. The monoisotopic (exact) mass is 253 g/mol. The molecule has 0 aliphatic carbocycles. The zero-order valence-corrected chi connectivity index (χ0v) is 11.8. The van der Waals surface area contributed by atoms with Crippen LogP contribution >= 0.6 is 0 Å². The molecule has 2 fully saturated rings. The third-order valence-corrected chi connectivity index (χ3v) is 4.23. The van der Waals surface area contributed by atoms with Crippen molar-refractivity contribution < 1.29 is 4.79 Å². The van der Waals surface area contributed by atoms with E-state index in [1.54, 1.807) is 0 Å². The molecule has 0 spiro atoms. The van der Waals surface area contributed by atoms with Gasteiger partial charge in [0.1, 0.15) is 0 Å². The molecule has 0 saturated carbocycles. The summed E-state index contributed by atoms with van der Waals surface area (Å²) in [5.41, 5.74) is 0. The minimum Gasteiger partial charge on any atom is -0.340 e. The number of amides is 1. The van der Waals surface area contributed by atoms with Crippen LogP contribution in [0.25, 0.3) is 0 Å². The molecule has 2 rings (SSSR count). The first-order valence-corrected chi connectivity index (χ1v) is 7.42. The lowest BCUT2D eigenvalue weighted by Crippen LogP contribution is -2.51. The molecule has 18 heavy (non-hydrogen) atoms. The van der Waals surface area contributed by atoms with E-state index >= 15 is 0 Å². The number of piperazine rings is 1. The summed E-state index contributed by atoms with van der Waals surface area (Å²) in [7, 11) is 0. The van der Waals surface area contributed by atoms with Crippen molar-refractivity contribution >= 4 is 5.91 Å². The van der Waals surface area contributed by atoms with Crippen LogP contribution in [0.3, 0.4) is 0 Å². The number of hydrogen-bond acceptors (Lipinski definition) is 3. The van der Waals surface area contributed by atoms with E-state index in [4.69, 9.17) is 0 Å². The van der Waals surface area contributed by atoms with E-state index in [-0.39, 0.29) is 0 Å². The van der Waals surface area contributed by atoms with E-state index in [0.29, 0.717) is 24.4 Å². The Hall–Kier alpha value is -0.610. The molecule has 2 aliphatic rings. The van der Waals surface area contributed by atoms with Gasteiger partial charge in [-0.15, -0.1) is 0 Å². The van der Waals surface area contributed by atoms with Gasteiger partial charge in [-0.2, -0.15) is 0 Å². The van der Waals surface area contributed by atoms with Crippen molar-refractivity contribution in [3.8, 4) is 0 Å². The molecule has 2 saturated heterocycles. The van der Waals surface area contributed by atoms with Gasteiger partial charge in [0, 0.05) is 44.7 Å². The van der Waals surface area contributed by atoms with Crippen molar-refractivity contribution in [3.63, 3.8) is 0 Å². The Kier molecular flexibility index (Phi) is 5.01. The first-order chi connectivity index (χ1) is 8.66. The fraction of sp³-hybridized carbons (Fsp3) is 0.929. The number of nitrogens with one attached hydrogen (secondary N) is 1. The number of piperidine rings is 1. The van der Waals surface area contributed by atoms with Crippen molar-refractivity contribution in [3.05, 3.63) is 0 Å². The van der Waals surface area contributed by atoms with Gasteiger partial charge in [0.15, 0.2) is 0 Å². The molecule has 0 aromatic heterocycles. The lowest BCUT2D eigenvalue weighted by atomic mass is 10.0. The summed E-state index contributed by atoms with van der Waals surface area (Å²) in [6, 6.07) is 1.02. The number of hydrogen-bond donors (Lipinski definition) is 1. The Labute approximate surface area is 111 Å². The molecule has 4 heteroatoms. The molecule has 2 aliphatic heterocycles. The SMILES string of the molecule is CC(C)N1CCN(C(=O)CC2CCCCN2)CC1. The predicted molar refractivity (Wildman–Crippen MR) is 73.5 cm³/mol. The molecule has 1 N–H and O–H groups in total. The Morgan fingerprint density at radius 2 is 1.94 bits per heavy atom. The van der Waals surface area contributed by atoms with Gasteiger partial charge in [-0.25, -0.2) is 0 Å². The third kappa shape index (κ3) is 3.69. The zero-order valence-electron chi connectivity index (χ0n) is 11.8. The summed E-state index contributed by atoms with van der Waals surface area (Å²) in [5, 5.41) is 3.46. The topological polar surface area (TPSA) is 35.6 Å². The highest BCUT2D eigenvalue weighted by Crippen LogP contribution is 2.13. The fourth-order valence-electron chi connectivity index (χ4n) is 2.93. The minimum absolute atomic E-state index is 0.345. The first-order valence-electron chi connectivity index (χ1n) is 7.42. The minimum atomic E-state index is 0.345. The molecule has 1 amide bonds. The smallest absolute Gasteiger partial charge is 0.224 e. The van der Waals surface area contributed by atoms with Crippen molar-refractivity contribution in [1.29, 1.82) is 0 Å². The fourth-order valence-corrected chi connectivity index (χ4v) is 2.93. The molecule has 0 aromatic carbocycles. The summed E-state index contributed by atoms with van der Waals surface area (Å²) < 4.78 is 0. The highest BCUT2D eigenvalue weighted by Gasteiger charge is 2.24. The van der Waals surface area contributed by atoms with Crippen LogP contribution in [0.5, 0.6) is 0 Å². The quantitative estimate of drug-likeness (QED) is 0.817. The molecule has 0 aromatic rings. The number of carbonyl (C=O) groups excluding carboxylic acids is 1. The summed E-state index contributed by atoms with van der Waals surface area (Å²) >= 11 is 0. The molecular weight excluding hydrogens is 226 g/mol. The standard InChI is InChI=1S/C14H27N3O/c1-12(2)16-7-9-17(10-8-16)14(18)11-13-5-3-4-6-15-13/h12-13,15H,3-11H2,1-2H3. The highest BCUT2D eigenvalue weighted by molar-refractivity contribution is 5.77. The Morgan fingerprint density at radius 3 is 2.50 bits per heavy atom. The van der Waals surface area contributed by atoms with Gasteiger partial charge in [0.25, 0.3) is 0 Å². The van der Waals surface area contributed by atoms with Gasteiger partial charge in [-0.1, -0.05) is 6.42 Å². The lowest BCUT2D eigenvalue weighted by molar-refractivity contribution is -0.133. The second kappa shape index (κ2) is 6.53. The highest BCUT2D eigenvalue weighted by atomic mass is 16.2. The van der Waals surface area contributed by atoms with Gasteiger partial charge in [0.2, 0.25) is 5.91 Å². The normalized spacial score (nSPS) is 26.6. The van der Waals surface area contributed by atoms with Crippen molar-refractivity contribution in [2.24, 2.45) is 0 Å². The van der Waals surface area contributed by atoms with E-state index in [2.05, 4.69) is 29.0 Å². The van der Waals surface area contributed by atoms with Crippen molar-refractivity contribution in [2.75, 3.05) is 32.7 Å². The summed E-state index contributed by atoms with van der Waals surface area (Å²) in [5.74, 6) is 0.345. The summed E-state index contributed by atoms with van der Waals surface area (Å²) in [6.45, 7) is 9.41. The van der Waals surface area contributed by atoms with E-state index in [0.717, 1.165) is 39.1 Å². The van der Waals surface area contributed by atoms with E-state index in [9.17, 15) is 4.79 Å². The summed E-state index contributed by atoms with van der Waals surface area (Å²) in [6.07, 6.45) is 4.39. The van der Waals surface area contributed by atoms with Crippen LogP contribution in [0.15, 0.2) is 0 Å². The van der Waals surface area contributed by atoms with Gasteiger partial charge >= 0.3 is 0 Å². The first kappa shape index (κ1) is 13.8. The van der Waals surface area contributed by atoms with Gasteiger partial charge in [-0.3, -0.25) is 9.69 Å². The second-order valence-corrected chi connectivity index (χ2v) is 5.86. The number of rotatable bonds is 3. The zero-order chi connectivity index (χ0) is 13.0. The third-order valence-electron chi connectivity index (χ3n) is 4.23. The average molecular weight is 253 g/mol. The van der Waals surface area contributed by atoms with Crippen LogP contribution in [0.4, 0.5) is 0 Å². The van der Waals surface area contributed by atoms with Gasteiger partial charge in [0.05, 0.1) is 0 Å². The largest absolute Gasteiger partial charge is 0.340 e. The van der Waals surface area contributed by atoms with Crippen LogP contribution in [-0.2, 0) is 4.79 Å². The van der Waals surface area contributed by atoms with Crippen LogP contribution in [0, 0.1) is 0 Å². The Morgan fingerprint density at radius 1 is 1.22 bits per heavy atom. The lowest BCUT2D eigenvalue weighted by Gasteiger charge is -2.37. The van der Waals surface area contributed by atoms with E-state index < -0.39 is 0 Å². The molecule has 1 atom stereocenters. The van der Waals surface area contributed by atoms with Crippen LogP contribution in [0.2, 0.25) is 0 Å². The Balaban J connectivity index is 1.73. The Bertz CT molecular complexity index is 266. The molecule has 4 nitrogen and oxygen atoms in total. The molecule has 1 unspecified atom stereocenters. The predicted octanol–water partition coefficient (Wildman–Crippen LogP) is 1.07. The maximum absolute atomic E-state index is 12.2. The second-order valence-electron chi connectivity index (χ2n) is 5.86. The molecule has 2 heterocycles. The summed E-state index contributed by atoms with van der Waals surface area (Å²) in [4.78, 5) is 16.7. The van der Waals surface area contributed by atoms with Gasteiger partial charge in [-0.05, 0) is 33.2 Å². The molecule has 0 bridgehead atoms. The van der Waals surface area contributed by atoms with Crippen LogP contribution in [-0.4, -0.2) is 60.5 Å². The number of nitrogens with zero attached hydrogens (tertiary/aromatic N) is 2. The van der Waals surface area contributed by atoms with Crippen molar-refractivity contribution in [2.45, 2.75) is 51.6 Å². The molecule has 104 valence electrons. The van der Waals surface area contributed by atoms with Crippen LogP contribution < -0.4 is 5.32 Å². The maximum atomic E-state index is 12.2. The van der Waals surface area contributed by atoms with Crippen LogP contribution in [0.1, 0.15) is 39.5 Å². The van der Waals surface area contributed by atoms with Gasteiger partial charge < -0.3 is 10.2 Å².